The average Bonchev–Trinajstić information content (AvgIpc) is 3.01. The predicted octanol–water partition coefficient (Wildman–Crippen LogP) is 3.35. The molecule has 8 nitrogen and oxygen atoms in total. The van der Waals surface area contributed by atoms with Crippen molar-refractivity contribution in [2.24, 2.45) is 0 Å². The average molecular weight is 493 g/mol. The zero-order valence-electron chi connectivity index (χ0n) is 19.9. The van der Waals surface area contributed by atoms with E-state index >= 15 is 0 Å². The van der Waals surface area contributed by atoms with Crippen LogP contribution < -0.4 is 4.90 Å². The van der Waals surface area contributed by atoms with Crippen LogP contribution in [0.2, 0.25) is 0 Å². The maximum absolute atomic E-state index is 13.1. The molecule has 1 aliphatic carbocycles. The van der Waals surface area contributed by atoms with Crippen molar-refractivity contribution in [1.82, 2.24) is 14.9 Å². The van der Waals surface area contributed by atoms with Gasteiger partial charge in [-0.05, 0) is 50.7 Å². The lowest BCUT2D eigenvalue weighted by Gasteiger charge is -2.45. The van der Waals surface area contributed by atoms with E-state index in [0.717, 1.165) is 51.9 Å². The van der Waals surface area contributed by atoms with E-state index in [0.29, 0.717) is 18.2 Å². The van der Waals surface area contributed by atoms with Gasteiger partial charge in [-0.15, -0.1) is 0 Å². The highest BCUT2D eigenvalue weighted by atomic mass is 32.2. The van der Waals surface area contributed by atoms with Crippen LogP contribution in [0.3, 0.4) is 0 Å². The summed E-state index contributed by atoms with van der Waals surface area (Å²) in [6, 6.07) is 9.38. The number of ether oxygens (including phenoxy) is 1. The van der Waals surface area contributed by atoms with Crippen molar-refractivity contribution < 1.29 is 22.1 Å². The monoisotopic (exact) mass is 492 g/mol. The van der Waals surface area contributed by atoms with Gasteiger partial charge >= 0.3 is 0 Å². The molecular formula is C24H33FN4O4S. The summed E-state index contributed by atoms with van der Waals surface area (Å²) >= 11 is 0. The second-order valence-electron chi connectivity index (χ2n) is 9.84. The molecule has 0 amide bonds. The molecule has 5 rings (SSSR count). The topological polar surface area (TPSA) is 95.9 Å². The normalized spacial score (nSPS) is 26.6. The molecule has 1 aromatic carbocycles. The van der Waals surface area contributed by atoms with Crippen LogP contribution >= 0.6 is 0 Å². The molecule has 0 bridgehead atoms. The van der Waals surface area contributed by atoms with Gasteiger partial charge in [-0.1, -0.05) is 24.3 Å². The Morgan fingerprint density at radius 1 is 1.03 bits per heavy atom. The standard InChI is InChI=1S/C23H29FN4O.CH4O3S/c1-22(2)19-5-3-4-6-20(19)23(29-22)9-7-18(8-10-23)27-11-13-28(14-12-27)21-25-15-17(24)16-26-21;1-5(2,3)4/h3-6,15-16,18H,7-14H2,1-2H3;1H3,(H,2,3,4). The number of piperazine rings is 1. The summed E-state index contributed by atoms with van der Waals surface area (Å²) < 4.78 is 45.6. The molecule has 0 atom stereocenters. The predicted molar refractivity (Wildman–Crippen MR) is 128 cm³/mol. The molecule has 10 heteroatoms. The second kappa shape index (κ2) is 9.49. The third-order valence-electron chi connectivity index (χ3n) is 7.00. The zero-order valence-corrected chi connectivity index (χ0v) is 20.8. The Hall–Kier alpha value is -2.14. The summed E-state index contributed by atoms with van der Waals surface area (Å²) in [6.07, 6.45) is 7.70. The van der Waals surface area contributed by atoms with Gasteiger partial charge in [0.15, 0.2) is 5.82 Å². The van der Waals surface area contributed by atoms with Crippen LogP contribution in [-0.2, 0) is 26.1 Å². The van der Waals surface area contributed by atoms with E-state index in [2.05, 4.69) is 57.9 Å². The highest BCUT2D eigenvalue weighted by molar-refractivity contribution is 7.85. The van der Waals surface area contributed by atoms with E-state index in [1.165, 1.54) is 23.5 Å². The maximum Gasteiger partial charge on any atom is 0.261 e. The number of hydrogen-bond acceptors (Lipinski definition) is 7. The molecule has 2 fully saturated rings. The third kappa shape index (κ3) is 5.56. The minimum Gasteiger partial charge on any atom is -0.360 e. The van der Waals surface area contributed by atoms with E-state index < -0.39 is 10.1 Å². The fraction of sp³-hybridized carbons (Fsp3) is 0.583. The molecule has 1 aromatic heterocycles. The Morgan fingerprint density at radius 3 is 2.12 bits per heavy atom. The Bertz CT molecular complexity index is 1090. The van der Waals surface area contributed by atoms with E-state index in [4.69, 9.17) is 9.29 Å². The minimum absolute atomic E-state index is 0.111. The number of benzene rings is 1. The van der Waals surface area contributed by atoms with E-state index in [9.17, 15) is 12.8 Å². The number of hydrogen-bond donors (Lipinski definition) is 1. The summed E-state index contributed by atoms with van der Waals surface area (Å²) in [6.45, 7) is 8.18. The Labute approximate surface area is 200 Å². The molecule has 2 aromatic rings. The summed E-state index contributed by atoms with van der Waals surface area (Å²) in [5, 5.41) is 0. The van der Waals surface area contributed by atoms with Crippen LogP contribution in [0.15, 0.2) is 36.7 Å². The van der Waals surface area contributed by atoms with Crippen LogP contribution in [0.4, 0.5) is 10.3 Å². The molecular weight excluding hydrogens is 459 g/mol. The van der Waals surface area contributed by atoms with Crippen LogP contribution in [0, 0.1) is 5.82 Å². The van der Waals surface area contributed by atoms with Crippen molar-refractivity contribution in [1.29, 1.82) is 0 Å². The first-order chi connectivity index (χ1) is 16.0. The van der Waals surface area contributed by atoms with Gasteiger partial charge in [-0.3, -0.25) is 9.45 Å². The quantitative estimate of drug-likeness (QED) is 0.638. The molecule has 2 aliphatic heterocycles. The molecule has 0 radical (unpaired) electrons. The molecule has 3 aliphatic rings. The maximum atomic E-state index is 13.1. The number of nitrogens with zero attached hydrogens (tertiary/aromatic N) is 4. The molecule has 1 saturated carbocycles. The third-order valence-corrected chi connectivity index (χ3v) is 7.00. The first-order valence-electron chi connectivity index (χ1n) is 11.7. The van der Waals surface area contributed by atoms with Gasteiger partial charge in [-0.25, -0.2) is 14.4 Å². The molecule has 3 heterocycles. The fourth-order valence-electron chi connectivity index (χ4n) is 5.57. The van der Waals surface area contributed by atoms with Crippen LogP contribution in [0.5, 0.6) is 0 Å². The SMILES string of the molecule is CC1(C)OC2(CCC(N3CCN(c4ncc(F)cn4)CC3)CC2)c2ccccc21.CS(=O)(=O)O. The van der Waals surface area contributed by atoms with Gasteiger partial charge in [0.05, 0.1) is 29.9 Å². The van der Waals surface area contributed by atoms with Crippen LogP contribution in [0.1, 0.15) is 50.7 Å². The van der Waals surface area contributed by atoms with Gasteiger partial charge in [0.1, 0.15) is 0 Å². The number of halogens is 1. The number of fused-ring (bicyclic) bond motifs is 2. The summed E-state index contributed by atoms with van der Waals surface area (Å²) in [4.78, 5) is 13.0. The van der Waals surface area contributed by atoms with Crippen LogP contribution in [0.25, 0.3) is 0 Å². The van der Waals surface area contributed by atoms with Crippen molar-refractivity contribution in [2.45, 2.75) is 56.8 Å². The Morgan fingerprint density at radius 2 is 1.56 bits per heavy atom. The number of aromatic nitrogens is 2. The van der Waals surface area contributed by atoms with Gasteiger partial charge in [-0.2, -0.15) is 8.42 Å². The largest absolute Gasteiger partial charge is 0.360 e. The van der Waals surface area contributed by atoms with Gasteiger partial charge in [0.25, 0.3) is 10.1 Å². The number of anilines is 1. The van der Waals surface area contributed by atoms with Crippen molar-refractivity contribution in [3.63, 3.8) is 0 Å². The molecule has 0 unspecified atom stereocenters. The highest BCUT2D eigenvalue weighted by Gasteiger charge is 2.50. The lowest BCUT2D eigenvalue weighted by Crippen LogP contribution is -2.52. The summed E-state index contributed by atoms with van der Waals surface area (Å²) in [5.74, 6) is 0.245. The molecule has 1 N–H and O–H groups in total. The lowest BCUT2D eigenvalue weighted by atomic mass is 9.76. The molecule has 186 valence electrons. The van der Waals surface area contributed by atoms with Gasteiger partial charge < -0.3 is 9.64 Å². The zero-order chi connectivity index (χ0) is 24.6. The van der Waals surface area contributed by atoms with Crippen LogP contribution in [-0.4, -0.2) is 66.3 Å². The van der Waals surface area contributed by atoms with Crippen molar-refractivity contribution in [3.8, 4) is 0 Å². The van der Waals surface area contributed by atoms with Crippen molar-refractivity contribution in [2.75, 3.05) is 37.3 Å². The smallest absolute Gasteiger partial charge is 0.261 e. The summed E-state index contributed by atoms with van der Waals surface area (Å²) in [7, 11) is -3.67. The molecule has 1 spiro atoms. The number of rotatable bonds is 2. The minimum atomic E-state index is -3.67. The van der Waals surface area contributed by atoms with E-state index in [-0.39, 0.29) is 17.0 Å². The van der Waals surface area contributed by atoms with Gasteiger partial charge in [0, 0.05) is 32.2 Å². The Kier molecular flexibility index (Phi) is 6.97. The van der Waals surface area contributed by atoms with Gasteiger partial charge in [0.2, 0.25) is 5.95 Å². The fourth-order valence-corrected chi connectivity index (χ4v) is 5.57. The van der Waals surface area contributed by atoms with E-state index in [1.807, 2.05) is 0 Å². The first kappa shape index (κ1) is 25.0. The summed E-state index contributed by atoms with van der Waals surface area (Å²) in [5.41, 5.74) is 2.44. The highest BCUT2D eigenvalue weighted by Crippen LogP contribution is 2.53. The van der Waals surface area contributed by atoms with Crippen molar-refractivity contribution >= 4 is 16.1 Å². The molecule has 1 saturated heterocycles. The Balaban J connectivity index is 0.000000499. The molecule has 34 heavy (non-hydrogen) atoms. The first-order valence-corrected chi connectivity index (χ1v) is 13.5. The van der Waals surface area contributed by atoms with E-state index in [1.54, 1.807) is 0 Å². The van der Waals surface area contributed by atoms with Crippen molar-refractivity contribution in [3.05, 3.63) is 53.6 Å². The second-order valence-corrected chi connectivity index (χ2v) is 11.3. The lowest BCUT2D eigenvalue weighted by molar-refractivity contribution is -0.149.